The van der Waals surface area contributed by atoms with Crippen molar-refractivity contribution < 1.29 is 15.0 Å². The number of allylic oxidation sites excluding steroid dienone is 1. The van der Waals surface area contributed by atoms with Crippen LogP contribution in [0.15, 0.2) is 89.7 Å². The SMILES string of the molecule is Cc1ccc(O)c(NC(CC=CC(=O)c2c(O)c3ccccc3n(C)c2=O)c2ccccc2)c1. The monoisotopic (exact) mass is 454 g/mol. The van der Waals surface area contributed by atoms with Crippen LogP contribution in [-0.4, -0.2) is 20.6 Å². The third-order valence-electron chi connectivity index (χ3n) is 5.85. The number of aromatic hydroxyl groups is 2. The van der Waals surface area contributed by atoms with Crippen LogP contribution in [0.4, 0.5) is 5.69 Å². The van der Waals surface area contributed by atoms with E-state index in [1.165, 1.54) is 10.6 Å². The number of carbonyl (C=O) groups is 1. The van der Waals surface area contributed by atoms with Crippen LogP contribution in [0.25, 0.3) is 10.9 Å². The quantitative estimate of drug-likeness (QED) is 0.202. The van der Waals surface area contributed by atoms with E-state index in [0.717, 1.165) is 11.1 Å². The second-order valence-corrected chi connectivity index (χ2v) is 8.24. The fourth-order valence-electron chi connectivity index (χ4n) is 4.01. The highest BCUT2D eigenvalue weighted by Gasteiger charge is 2.19. The molecule has 0 aliphatic rings. The molecule has 0 saturated heterocycles. The molecule has 4 aromatic rings. The lowest BCUT2D eigenvalue weighted by Crippen LogP contribution is -2.24. The highest BCUT2D eigenvalue weighted by Crippen LogP contribution is 2.30. The van der Waals surface area contributed by atoms with Gasteiger partial charge in [0.25, 0.3) is 5.56 Å². The van der Waals surface area contributed by atoms with Gasteiger partial charge in [-0.1, -0.05) is 54.6 Å². The Morgan fingerprint density at radius 3 is 2.50 bits per heavy atom. The van der Waals surface area contributed by atoms with Crippen LogP contribution < -0.4 is 10.9 Å². The van der Waals surface area contributed by atoms with Gasteiger partial charge in [-0.25, -0.2) is 0 Å². The summed E-state index contributed by atoms with van der Waals surface area (Å²) in [4.78, 5) is 25.7. The third kappa shape index (κ3) is 4.57. The van der Waals surface area contributed by atoms with Crippen molar-refractivity contribution in [2.24, 2.45) is 7.05 Å². The van der Waals surface area contributed by atoms with E-state index in [1.54, 1.807) is 43.5 Å². The third-order valence-corrected chi connectivity index (χ3v) is 5.85. The van der Waals surface area contributed by atoms with Gasteiger partial charge in [0.05, 0.1) is 17.2 Å². The Labute approximate surface area is 197 Å². The molecule has 172 valence electrons. The molecule has 1 unspecified atom stereocenters. The van der Waals surface area contributed by atoms with E-state index >= 15 is 0 Å². The summed E-state index contributed by atoms with van der Waals surface area (Å²) in [6, 6.07) is 21.7. The molecule has 34 heavy (non-hydrogen) atoms. The van der Waals surface area contributed by atoms with E-state index in [-0.39, 0.29) is 23.1 Å². The Morgan fingerprint density at radius 2 is 1.74 bits per heavy atom. The second kappa shape index (κ2) is 9.67. The van der Waals surface area contributed by atoms with E-state index < -0.39 is 11.3 Å². The fourth-order valence-corrected chi connectivity index (χ4v) is 4.01. The molecule has 0 radical (unpaired) electrons. The number of aromatic nitrogens is 1. The van der Waals surface area contributed by atoms with E-state index in [9.17, 15) is 19.8 Å². The number of phenolic OH excluding ortho intramolecular Hbond substituents is 1. The molecule has 0 aliphatic carbocycles. The average Bonchev–Trinajstić information content (AvgIpc) is 2.85. The van der Waals surface area contributed by atoms with Crippen molar-refractivity contribution in [2.75, 3.05) is 5.32 Å². The number of ketones is 1. The van der Waals surface area contributed by atoms with Crippen LogP contribution in [0.5, 0.6) is 11.5 Å². The predicted octanol–water partition coefficient (Wildman–Crippen LogP) is 5.24. The van der Waals surface area contributed by atoms with Crippen molar-refractivity contribution in [3.05, 3.63) is 112 Å². The van der Waals surface area contributed by atoms with Crippen molar-refractivity contribution in [3.63, 3.8) is 0 Å². The van der Waals surface area contributed by atoms with Crippen LogP contribution in [0.2, 0.25) is 0 Å². The molecule has 1 atom stereocenters. The molecular weight excluding hydrogens is 428 g/mol. The Bertz CT molecular complexity index is 1440. The van der Waals surface area contributed by atoms with Crippen molar-refractivity contribution >= 4 is 22.4 Å². The molecule has 4 rings (SSSR count). The summed E-state index contributed by atoms with van der Waals surface area (Å²) in [6.45, 7) is 1.94. The Balaban J connectivity index is 1.62. The van der Waals surface area contributed by atoms with Gasteiger partial charge in [0.15, 0.2) is 5.78 Å². The minimum atomic E-state index is -0.561. The number of hydrogen-bond donors (Lipinski definition) is 3. The van der Waals surface area contributed by atoms with Crippen LogP contribution >= 0.6 is 0 Å². The van der Waals surface area contributed by atoms with Crippen LogP contribution in [0, 0.1) is 6.92 Å². The van der Waals surface area contributed by atoms with Crippen molar-refractivity contribution in [1.82, 2.24) is 4.57 Å². The molecule has 6 nitrogen and oxygen atoms in total. The first kappa shape index (κ1) is 22.9. The van der Waals surface area contributed by atoms with Crippen molar-refractivity contribution in [2.45, 2.75) is 19.4 Å². The van der Waals surface area contributed by atoms with E-state index in [4.69, 9.17) is 0 Å². The maximum atomic E-state index is 12.9. The van der Waals surface area contributed by atoms with Gasteiger partial charge < -0.3 is 20.1 Å². The number of nitrogens with one attached hydrogen (secondary N) is 1. The summed E-state index contributed by atoms with van der Waals surface area (Å²) >= 11 is 0. The van der Waals surface area contributed by atoms with Crippen LogP contribution in [0.3, 0.4) is 0 Å². The average molecular weight is 455 g/mol. The molecule has 3 N–H and O–H groups in total. The molecule has 0 bridgehead atoms. The molecule has 0 spiro atoms. The van der Waals surface area contributed by atoms with Gasteiger partial charge in [-0.2, -0.15) is 0 Å². The second-order valence-electron chi connectivity index (χ2n) is 8.24. The van der Waals surface area contributed by atoms with Gasteiger partial charge in [-0.3, -0.25) is 9.59 Å². The summed E-state index contributed by atoms with van der Waals surface area (Å²) in [6.07, 6.45) is 3.41. The van der Waals surface area contributed by atoms with Gasteiger partial charge in [0.2, 0.25) is 0 Å². The summed E-state index contributed by atoms with van der Waals surface area (Å²) in [5, 5.41) is 24.7. The molecule has 1 heterocycles. The molecule has 0 amide bonds. The fraction of sp³-hybridized carbons (Fsp3) is 0.143. The predicted molar refractivity (Wildman–Crippen MR) is 135 cm³/mol. The smallest absolute Gasteiger partial charge is 0.265 e. The zero-order valence-corrected chi connectivity index (χ0v) is 19.0. The Hall–Kier alpha value is -4.32. The normalized spacial score (nSPS) is 12.2. The molecule has 1 aromatic heterocycles. The van der Waals surface area contributed by atoms with Gasteiger partial charge in [0.1, 0.15) is 17.1 Å². The first-order chi connectivity index (χ1) is 16.4. The van der Waals surface area contributed by atoms with Gasteiger partial charge in [0, 0.05) is 12.4 Å². The Morgan fingerprint density at radius 1 is 1.03 bits per heavy atom. The molecule has 0 aliphatic heterocycles. The summed E-state index contributed by atoms with van der Waals surface area (Å²) in [7, 11) is 1.58. The maximum Gasteiger partial charge on any atom is 0.265 e. The molecule has 3 aromatic carbocycles. The minimum Gasteiger partial charge on any atom is -0.506 e. The number of carbonyl (C=O) groups excluding carboxylic acids is 1. The molecular formula is C28H26N2O4. The number of para-hydroxylation sites is 1. The number of anilines is 1. The van der Waals surface area contributed by atoms with E-state index in [2.05, 4.69) is 5.32 Å². The number of fused-ring (bicyclic) bond motifs is 1. The van der Waals surface area contributed by atoms with Crippen molar-refractivity contribution in [1.29, 1.82) is 0 Å². The summed E-state index contributed by atoms with van der Waals surface area (Å²) in [5.41, 5.74) is 2.32. The lowest BCUT2D eigenvalue weighted by Gasteiger charge is -2.20. The van der Waals surface area contributed by atoms with Crippen molar-refractivity contribution in [3.8, 4) is 11.5 Å². The lowest BCUT2D eigenvalue weighted by atomic mass is 10.0. The maximum absolute atomic E-state index is 12.9. The molecule has 0 saturated carbocycles. The number of pyridine rings is 1. The van der Waals surface area contributed by atoms with Crippen LogP contribution in [-0.2, 0) is 7.05 Å². The number of rotatable bonds is 7. The van der Waals surface area contributed by atoms with E-state index in [1.807, 2.05) is 49.4 Å². The first-order valence-electron chi connectivity index (χ1n) is 11.0. The minimum absolute atomic E-state index is 0.135. The zero-order chi connectivity index (χ0) is 24.2. The molecule has 0 fully saturated rings. The van der Waals surface area contributed by atoms with E-state index in [0.29, 0.717) is 23.0 Å². The lowest BCUT2D eigenvalue weighted by molar-refractivity contribution is 0.104. The van der Waals surface area contributed by atoms with Gasteiger partial charge in [-0.15, -0.1) is 0 Å². The largest absolute Gasteiger partial charge is 0.506 e. The van der Waals surface area contributed by atoms with Gasteiger partial charge in [-0.05, 0) is 54.8 Å². The highest BCUT2D eigenvalue weighted by atomic mass is 16.3. The molecule has 6 heteroatoms. The standard InChI is InChI=1S/C28H26N2O4/c1-18-15-16-24(31)22(17-18)29-21(19-9-4-3-5-10-19)12-8-14-25(32)26-27(33)20-11-6-7-13-23(20)30(2)28(26)34/h3-11,13-17,21,29,31,33H,12H2,1-2H3. The highest BCUT2D eigenvalue weighted by molar-refractivity contribution is 6.09. The first-order valence-corrected chi connectivity index (χ1v) is 11.0. The number of phenols is 1. The summed E-state index contributed by atoms with van der Waals surface area (Å²) < 4.78 is 1.37. The zero-order valence-electron chi connectivity index (χ0n) is 19.0. The number of hydrogen-bond acceptors (Lipinski definition) is 5. The van der Waals surface area contributed by atoms with Gasteiger partial charge >= 0.3 is 0 Å². The van der Waals surface area contributed by atoms with Crippen LogP contribution in [0.1, 0.15) is 33.9 Å². The number of nitrogens with zero attached hydrogens (tertiary/aromatic N) is 1. The topological polar surface area (TPSA) is 91.6 Å². The number of benzene rings is 3. The summed E-state index contributed by atoms with van der Waals surface area (Å²) in [5.74, 6) is -0.735. The number of aryl methyl sites for hydroxylation is 2. The Kier molecular flexibility index (Phi) is 6.50.